The van der Waals surface area contributed by atoms with Gasteiger partial charge in [-0.2, -0.15) is 0 Å². The molecule has 1 heterocycles. The lowest BCUT2D eigenvalue weighted by atomic mass is 9.82. The average molecular weight is 269 g/mol. The summed E-state index contributed by atoms with van der Waals surface area (Å²) in [5, 5.41) is 3.65. The number of hydrogen-bond acceptors (Lipinski definition) is 1. The van der Waals surface area contributed by atoms with Gasteiger partial charge in [-0.05, 0) is 75.0 Å². The molecule has 0 spiro atoms. The number of benzene rings is 1. The van der Waals surface area contributed by atoms with Crippen molar-refractivity contribution in [2.75, 3.05) is 0 Å². The van der Waals surface area contributed by atoms with Crippen molar-refractivity contribution in [3.8, 4) is 0 Å². The summed E-state index contributed by atoms with van der Waals surface area (Å²) in [5.74, 6) is 0.727. The van der Waals surface area contributed by atoms with Crippen molar-refractivity contribution in [3.63, 3.8) is 0 Å². The van der Waals surface area contributed by atoms with Crippen LogP contribution in [0.1, 0.15) is 69.4 Å². The highest BCUT2D eigenvalue weighted by molar-refractivity contribution is 5.66. The molecule has 2 aliphatic rings. The molecule has 1 N–H and O–H groups in total. The van der Waals surface area contributed by atoms with Crippen LogP contribution >= 0.6 is 0 Å². The van der Waals surface area contributed by atoms with Crippen LogP contribution in [0, 0.1) is 0 Å². The maximum Gasteiger partial charge on any atom is 0.00470 e. The third-order valence-electron chi connectivity index (χ3n) is 4.86. The second-order valence-electron chi connectivity index (χ2n) is 6.74. The lowest BCUT2D eigenvalue weighted by Crippen LogP contribution is -2.41. The van der Waals surface area contributed by atoms with Gasteiger partial charge in [0.15, 0.2) is 0 Å². The molecule has 20 heavy (non-hydrogen) atoms. The number of rotatable bonds is 2. The van der Waals surface area contributed by atoms with Crippen LogP contribution in [0.5, 0.6) is 0 Å². The van der Waals surface area contributed by atoms with Gasteiger partial charge in [0.2, 0.25) is 0 Å². The van der Waals surface area contributed by atoms with E-state index in [1.165, 1.54) is 44.1 Å². The Labute approximate surface area is 123 Å². The van der Waals surface area contributed by atoms with Gasteiger partial charge in [0.1, 0.15) is 0 Å². The molecule has 2 unspecified atom stereocenters. The SMILES string of the molecule is CC1CC(c2cccc(C3=CCCCC3)c2)CC(C)N1. The quantitative estimate of drug-likeness (QED) is 0.806. The Balaban J connectivity index is 1.81. The van der Waals surface area contributed by atoms with E-state index in [0.717, 1.165) is 5.92 Å². The predicted octanol–water partition coefficient (Wildman–Crippen LogP) is 4.89. The van der Waals surface area contributed by atoms with Gasteiger partial charge >= 0.3 is 0 Å². The minimum atomic E-state index is 0.640. The van der Waals surface area contributed by atoms with Crippen molar-refractivity contribution in [1.29, 1.82) is 0 Å². The summed E-state index contributed by atoms with van der Waals surface area (Å²) in [7, 11) is 0. The molecule has 0 radical (unpaired) electrons. The standard InChI is InChI=1S/C19H27N/c1-14-11-19(12-15(2)20-14)18-10-6-9-17(13-18)16-7-4-3-5-8-16/h6-7,9-10,13-15,19-20H,3-5,8,11-12H2,1-2H3. The van der Waals surface area contributed by atoms with Gasteiger partial charge in [-0.15, -0.1) is 0 Å². The molecule has 1 nitrogen and oxygen atoms in total. The molecule has 0 bridgehead atoms. The zero-order valence-corrected chi connectivity index (χ0v) is 12.9. The monoisotopic (exact) mass is 269 g/mol. The van der Waals surface area contributed by atoms with E-state index < -0.39 is 0 Å². The van der Waals surface area contributed by atoms with Crippen LogP contribution in [0.4, 0.5) is 0 Å². The number of piperidine rings is 1. The molecule has 0 saturated carbocycles. The Bertz CT molecular complexity index is 478. The van der Waals surface area contributed by atoms with E-state index >= 15 is 0 Å². The smallest absolute Gasteiger partial charge is 0.00470 e. The third-order valence-corrected chi connectivity index (χ3v) is 4.86. The fourth-order valence-corrected chi connectivity index (χ4v) is 3.94. The van der Waals surface area contributed by atoms with Crippen molar-refractivity contribution in [2.24, 2.45) is 0 Å². The molecular formula is C19H27N. The molecule has 1 aromatic carbocycles. The van der Waals surface area contributed by atoms with Gasteiger partial charge in [0.05, 0.1) is 0 Å². The van der Waals surface area contributed by atoms with Crippen molar-refractivity contribution in [1.82, 2.24) is 5.32 Å². The van der Waals surface area contributed by atoms with Gasteiger partial charge in [-0.25, -0.2) is 0 Å². The largest absolute Gasteiger partial charge is 0.312 e. The van der Waals surface area contributed by atoms with Crippen molar-refractivity contribution in [3.05, 3.63) is 41.5 Å². The van der Waals surface area contributed by atoms with E-state index in [9.17, 15) is 0 Å². The Morgan fingerprint density at radius 1 is 1.05 bits per heavy atom. The summed E-state index contributed by atoms with van der Waals surface area (Å²) in [6, 6.07) is 10.6. The molecule has 1 aromatic rings. The fourth-order valence-electron chi connectivity index (χ4n) is 3.94. The molecular weight excluding hydrogens is 242 g/mol. The Morgan fingerprint density at radius 2 is 1.85 bits per heavy atom. The summed E-state index contributed by atoms with van der Waals surface area (Å²) in [5.41, 5.74) is 4.60. The summed E-state index contributed by atoms with van der Waals surface area (Å²) < 4.78 is 0. The summed E-state index contributed by atoms with van der Waals surface area (Å²) in [4.78, 5) is 0. The van der Waals surface area contributed by atoms with Crippen molar-refractivity contribution in [2.45, 2.75) is 70.4 Å². The van der Waals surface area contributed by atoms with Crippen LogP contribution in [0.2, 0.25) is 0 Å². The normalized spacial score (nSPS) is 30.9. The molecule has 1 aliphatic heterocycles. The molecule has 108 valence electrons. The zero-order valence-electron chi connectivity index (χ0n) is 12.9. The maximum atomic E-state index is 3.65. The lowest BCUT2D eigenvalue weighted by Gasteiger charge is -2.33. The highest BCUT2D eigenvalue weighted by atomic mass is 14.9. The molecule has 1 heteroatoms. The number of allylic oxidation sites excluding steroid dienone is 2. The van der Waals surface area contributed by atoms with E-state index in [1.807, 2.05) is 0 Å². The first-order valence-electron chi connectivity index (χ1n) is 8.28. The Kier molecular flexibility index (Phi) is 4.26. The summed E-state index contributed by atoms with van der Waals surface area (Å²) >= 11 is 0. The van der Waals surface area contributed by atoms with Gasteiger partial charge in [0.25, 0.3) is 0 Å². The zero-order chi connectivity index (χ0) is 13.9. The van der Waals surface area contributed by atoms with E-state index in [1.54, 1.807) is 11.1 Å². The van der Waals surface area contributed by atoms with Crippen LogP contribution in [-0.2, 0) is 0 Å². The van der Waals surface area contributed by atoms with E-state index in [4.69, 9.17) is 0 Å². The van der Waals surface area contributed by atoms with Crippen LogP contribution in [-0.4, -0.2) is 12.1 Å². The molecule has 2 atom stereocenters. The molecule has 1 aliphatic carbocycles. The molecule has 3 rings (SSSR count). The Hall–Kier alpha value is -1.08. The summed E-state index contributed by atoms with van der Waals surface area (Å²) in [6.45, 7) is 4.63. The van der Waals surface area contributed by atoms with Crippen molar-refractivity contribution >= 4 is 5.57 Å². The third kappa shape index (κ3) is 3.15. The van der Waals surface area contributed by atoms with Gasteiger partial charge in [0, 0.05) is 12.1 Å². The van der Waals surface area contributed by atoms with Gasteiger partial charge < -0.3 is 5.32 Å². The highest BCUT2D eigenvalue weighted by Gasteiger charge is 2.24. The fraction of sp³-hybridized carbons (Fsp3) is 0.579. The second-order valence-corrected chi connectivity index (χ2v) is 6.74. The van der Waals surface area contributed by atoms with E-state index in [2.05, 4.69) is 49.5 Å². The average Bonchev–Trinajstić information content (AvgIpc) is 2.47. The minimum Gasteiger partial charge on any atom is -0.312 e. The second kappa shape index (κ2) is 6.13. The van der Waals surface area contributed by atoms with Gasteiger partial charge in [-0.3, -0.25) is 0 Å². The molecule has 0 amide bonds. The first-order chi connectivity index (χ1) is 9.72. The van der Waals surface area contributed by atoms with Crippen LogP contribution in [0.3, 0.4) is 0 Å². The first kappa shape index (κ1) is 13.9. The first-order valence-corrected chi connectivity index (χ1v) is 8.28. The minimum absolute atomic E-state index is 0.640. The Morgan fingerprint density at radius 3 is 2.55 bits per heavy atom. The molecule has 0 aromatic heterocycles. The van der Waals surface area contributed by atoms with Crippen LogP contribution in [0.15, 0.2) is 30.3 Å². The van der Waals surface area contributed by atoms with Crippen molar-refractivity contribution < 1.29 is 0 Å². The van der Waals surface area contributed by atoms with Gasteiger partial charge in [-0.1, -0.05) is 30.3 Å². The lowest BCUT2D eigenvalue weighted by molar-refractivity contribution is 0.317. The van der Waals surface area contributed by atoms with Crippen LogP contribution in [0.25, 0.3) is 5.57 Å². The maximum absolute atomic E-state index is 3.65. The topological polar surface area (TPSA) is 12.0 Å². The predicted molar refractivity (Wildman–Crippen MR) is 86.9 cm³/mol. The van der Waals surface area contributed by atoms with E-state index in [-0.39, 0.29) is 0 Å². The number of nitrogens with one attached hydrogen (secondary N) is 1. The number of hydrogen-bond donors (Lipinski definition) is 1. The summed E-state index contributed by atoms with van der Waals surface area (Å²) in [6.07, 6.45) is 10.3. The van der Waals surface area contributed by atoms with Crippen LogP contribution < -0.4 is 5.32 Å². The molecule has 1 fully saturated rings. The van der Waals surface area contributed by atoms with E-state index in [0.29, 0.717) is 12.1 Å². The molecule has 1 saturated heterocycles. The highest BCUT2D eigenvalue weighted by Crippen LogP contribution is 2.33.